The lowest BCUT2D eigenvalue weighted by Gasteiger charge is -2.21. The van der Waals surface area contributed by atoms with Gasteiger partial charge in [0.15, 0.2) is 0 Å². The molecule has 104 valence electrons. The van der Waals surface area contributed by atoms with Gasteiger partial charge in [-0.3, -0.25) is 4.68 Å². The highest BCUT2D eigenvalue weighted by Crippen LogP contribution is 2.11. The normalized spacial score (nSPS) is 15.0. The van der Waals surface area contributed by atoms with Crippen molar-refractivity contribution < 1.29 is 0 Å². The summed E-state index contributed by atoms with van der Waals surface area (Å²) in [6, 6.07) is 0.338. The first kappa shape index (κ1) is 15.2. The molecule has 1 aromatic rings. The van der Waals surface area contributed by atoms with Crippen molar-refractivity contribution in [1.29, 1.82) is 0 Å². The summed E-state index contributed by atoms with van der Waals surface area (Å²) in [5.41, 5.74) is 7.05. The number of hydrogen-bond acceptors (Lipinski definition) is 3. The third-order valence-corrected chi connectivity index (χ3v) is 3.19. The van der Waals surface area contributed by atoms with Crippen LogP contribution in [0.5, 0.6) is 0 Å². The van der Waals surface area contributed by atoms with E-state index in [-0.39, 0.29) is 0 Å². The minimum absolute atomic E-state index is 0.338. The summed E-state index contributed by atoms with van der Waals surface area (Å²) >= 11 is 0. The molecule has 1 aromatic heterocycles. The molecule has 4 nitrogen and oxygen atoms in total. The van der Waals surface area contributed by atoms with E-state index in [1.807, 2.05) is 17.9 Å². The topological polar surface area (TPSA) is 47.1 Å². The lowest BCUT2D eigenvalue weighted by molar-refractivity contribution is 0.267. The molecule has 18 heavy (non-hydrogen) atoms. The molecule has 1 rings (SSSR count). The zero-order valence-corrected chi connectivity index (χ0v) is 12.3. The van der Waals surface area contributed by atoms with Crippen molar-refractivity contribution in [3.8, 4) is 0 Å². The number of hydrogen-bond donors (Lipinski definition) is 1. The summed E-state index contributed by atoms with van der Waals surface area (Å²) in [7, 11) is 4.13. The number of rotatable bonds is 8. The standard InChI is InChI=1S/C14H28N4/c1-12(6-5-7-13(2)15)9-17(3)10-14-8-16-18(4)11-14/h8,11-13H,5-7,9-10,15H2,1-4H3. The molecule has 0 radical (unpaired) electrons. The molecule has 0 saturated carbocycles. The molecular weight excluding hydrogens is 224 g/mol. The van der Waals surface area contributed by atoms with Crippen LogP contribution in [0, 0.1) is 5.92 Å². The fourth-order valence-corrected chi connectivity index (χ4v) is 2.34. The maximum Gasteiger partial charge on any atom is 0.0534 e. The van der Waals surface area contributed by atoms with Crippen LogP contribution in [0.4, 0.5) is 0 Å². The van der Waals surface area contributed by atoms with Crippen molar-refractivity contribution in [2.45, 2.75) is 45.7 Å². The maximum atomic E-state index is 5.76. The number of aromatic nitrogens is 2. The molecule has 0 aliphatic carbocycles. The van der Waals surface area contributed by atoms with Crippen LogP contribution in [-0.2, 0) is 13.6 Å². The van der Waals surface area contributed by atoms with Gasteiger partial charge in [0.05, 0.1) is 6.20 Å². The van der Waals surface area contributed by atoms with E-state index in [9.17, 15) is 0 Å². The Bertz CT molecular complexity index is 332. The Morgan fingerprint density at radius 2 is 2.11 bits per heavy atom. The first-order chi connectivity index (χ1) is 8.47. The van der Waals surface area contributed by atoms with Crippen LogP contribution in [0.15, 0.2) is 12.4 Å². The van der Waals surface area contributed by atoms with Crippen LogP contribution < -0.4 is 5.73 Å². The zero-order valence-electron chi connectivity index (χ0n) is 12.3. The Morgan fingerprint density at radius 1 is 1.39 bits per heavy atom. The monoisotopic (exact) mass is 252 g/mol. The van der Waals surface area contributed by atoms with Crippen LogP contribution in [0.3, 0.4) is 0 Å². The lowest BCUT2D eigenvalue weighted by Crippen LogP contribution is -2.24. The van der Waals surface area contributed by atoms with Gasteiger partial charge in [-0.25, -0.2) is 0 Å². The summed E-state index contributed by atoms with van der Waals surface area (Å²) in [4.78, 5) is 2.37. The molecule has 0 saturated heterocycles. The molecule has 0 bridgehead atoms. The van der Waals surface area contributed by atoms with Crippen molar-refractivity contribution in [1.82, 2.24) is 14.7 Å². The van der Waals surface area contributed by atoms with Crippen molar-refractivity contribution in [2.75, 3.05) is 13.6 Å². The third kappa shape index (κ3) is 6.17. The molecular formula is C14H28N4. The second kappa shape index (κ2) is 7.54. The summed E-state index contributed by atoms with van der Waals surface area (Å²) in [6.07, 6.45) is 7.66. The summed E-state index contributed by atoms with van der Waals surface area (Å²) in [5.74, 6) is 0.727. The quantitative estimate of drug-likeness (QED) is 0.770. The second-order valence-corrected chi connectivity index (χ2v) is 5.73. The van der Waals surface area contributed by atoms with Gasteiger partial charge in [-0.1, -0.05) is 13.3 Å². The number of aryl methyl sites for hydroxylation is 1. The Hall–Kier alpha value is -0.870. The van der Waals surface area contributed by atoms with Gasteiger partial charge >= 0.3 is 0 Å². The van der Waals surface area contributed by atoms with Crippen molar-refractivity contribution in [3.63, 3.8) is 0 Å². The maximum absolute atomic E-state index is 5.76. The molecule has 4 heteroatoms. The Kier molecular flexibility index (Phi) is 6.36. The smallest absolute Gasteiger partial charge is 0.0534 e. The first-order valence-corrected chi connectivity index (χ1v) is 6.89. The second-order valence-electron chi connectivity index (χ2n) is 5.73. The predicted octanol–water partition coefficient (Wildman–Crippen LogP) is 2.01. The minimum Gasteiger partial charge on any atom is -0.328 e. The highest BCUT2D eigenvalue weighted by atomic mass is 15.2. The van der Waals surface area contributed by atoms with Gasteiger partial charge in [-0.05, 0) is 32.7 Å². The van der Waals surface area contributed by atoms with Gasteiger partial charge in [0.2, 0.25) is 0 Å². The molecule has 0 aliphatic heterocycles. The Labute approximate surface area is 111 Å². The largest absolute Gasteiger partial charge is 0.328 e. The van der Waals surface area contributed by atoms with Crippen LogP contribution in [-0.4, -0.2) is 34.3 Å². The fraction of sp³-hybridized carbons (Fsp3) is 0.786. The highest BCUT2D eigenvalue weighted by molar-refractivity contribution is 5.02. The van der Waals surface area contributed by atoms with Crippen LogP contribution in [0.25, 0.3) is 0 Å². The van der Waals surface area contributed by atoms with E-state index in [4.69, 9.17) is 5.73 Å². The molecule has 0 amide bonds. The van der Waals surface area contributed by atoms with E-state index in [0.29, 0.717) is 6.04 Å². The Morgan fingerprint density at radius 3 is 2.67 bits per heavy atom. The van der Waals surface area contributed by atoms with Crippen LogP contribution >= 0.6 is 0 Å². The summed E-state index contributed by atoms with van der Waals surface area (Å²) in [6.45, 7) is 6.51. The number of nitrogens with two attached hydrogens (primary N) is 1. The molecule has 1 heterocycles. The number of nitrogens with zero attached hydrogens (tertiary/aromatic N) is 3. The molecule has 0 spiro atoms. The fourth-order valence-electron chi connectivity index (χ4n) is 2.34. The molecule has 2 unspecified atom stereocenters. The third-order valence-electron chi connectivity index (χ3n) is 3.19. The van der Waals surface area contributed by atoms with Crippen LogP contribution in [0.2, 0.25) is 0 Å². The van der Waals surface area contributed by atoms with Gasteiger partial charge in [-0.15, -0.1) is 0 Å². The predicted molar refractivity (Wildman–Crippen MR) is 76.2 cm³/mol. The Balaban J connectivity index is 2.20. The SMILES string of the molecule is CC(N)CCCC(C)CN(C)Cc1cnn(C)c1. The van der Waals surface area contributed by atoms with E-state index < -0.39 is 0 Å². The van der Waals surface area contributed by atoms with Crippen LogP contribution in [0.1, 0.15) is 38.7 Å². The van der Waals surface area contributed by atoms with E-state index >= 15 is 0 Å². The minimum atomic E-state index is 0.338. The summed E-state index contributed by atoms with van der Waals surface area (Å²) in [5, 5.41) is 4.19. The average molecular weight is 252 g/mol. The van der Waals surface area contributed by atoms with Gasteiger partial charge in [0.1, 0.15) is 0 Å². The molecule has 0 fully saturated rings. The van der Waals surface area contributed by atoms with Crippen molar-refractivity contribution in [2.24, 2.45) is 18.7 Å². The van der Waals surface area contributed by atoms with Gasteiger partial charge in [-0.2, -0.15) is 5.10 Å². The molecule has 0 aromatic carbocycles. The zero-order chi connectivity index (χ0) is 13.5. The van der Waals surface area contributed by atoms with Crippen molar-refractivity contribution >= 4 is 0 Å². The molecule has 2 N–H and O–H groups in total. The van der Waals surface area contributed by atoms with Gasteiger partial charge in [0, 0.05) is 37.9 Å². The van der Waals surface area contributed by atoms with E-state index in [1.165, 1.54) is 18.4 Å². The van der Waals surface area contributed by atoms with Gasteiger partial charge in [0.25, 0.3) is 0 Å². The van der Waals surface area contributed by atoms with E-state index in [2.05, 4.69) is 37.1 Å². The molecule has 2 atom stereocenters. The van der Waals surface area contributed by atoms with Gasteiger partial charge < -0.3 is 10.6 Å². The lowest BCUT2D eigenvalue weighted by atomic mass is 10.0. The van der Waals surface area contributed by atoms with E-state index in [1.54, 1.807) is 0 Å². The summed E-state index contributed by atoms with van der Waals surface area (Å²) < 4.78 is 1.86. The average Bonchev–Trinajstić information content (AvgIpc) is 2.62. The first-order valence-electron chi connectivity index (χ1n) is 6.89. The highest BCUT2D eigenvalue weighted by Gasteiger charge is 2.08. The molecule has 0 aliphatic rings. The van der Waals surface area contributed by atoms with Crippen molar-refractivity contribution in [3.05, 3.63) is 18.0 Å². The van der Waals surface area contributed by atoms with E-state index in [0.717, 1.165) is 25.4 Å².